The molecule has 0 bridgehead atoms. The van der Waals surface area contributed by atoms with Crippen LogP contribution in [-0.4, -0.2) is 30.1 Å². The average Bonchev–Trinajstić information content (AvgIpc) is 2.77. The maximum atomic E-state index is 5.16. The van der Waals surface area contributed by atoms with Crippen LogP contribution in [0.5, 0.6) is 5.88 Å². The molecule has 2 rings (SSSR count). The van der Waals surface area contributed by atoms with Gasteiger partial charge in [-0.2, -0.15) is 0 Å². The van der Waals surface area contributed by atoms with Gasteiger partial charge in [0.05, 0.1) is 7.11 Å². The second-order valence-electron chi connectivity index (χ2n) is 4.78. The third kappa shape index (κ3) is 2.60. The van der Waals surface area contributed by atoms with Crippen LogP contribution in [-0.2, 0) is 0 Å². The van der Waals surface area contributed by atoms with Crippen molar-refractivity contribution in [3.63, 3.8) is 0 Å². The third-order valence-electron chi connectivity index (χ3n) is 3.57. The molecule has 0 aromatic carbocycles. The van der Waals surface area contributed by atoms with Gasteiger partial charge in [0.1, 0.15) is 0 Å². The molecule has 1 fully saturated rings. The number of aryl methyl sites for hydroxylation is 1. The van der Waals surface area contributed by atoms with E-state index in [1.807, 2.05) is 12.3 Å². The Balaban J connectivity index is 2.21. The summed E-state index contributed by atoms with van der Waals surface area (Å²) in [6, 6.07) is 2.60. The van der Waals surface area contributed by atoms with E-state index in [4.69, 9.17) is 4.74 Å². The van der Waals surface area contributed by atoms with Crippen molar-refractivity contribution >= 4 is 0 Å². The van der Waals surface area contributed by atoms with Crippen LogP contribution in [0.4, 0.5) is 0 Å². The fraction of sp³-hybridized carbons (Fsp3) is 0.643. The monoisotopic (exact) mass is 234 g/mol. The Morgan fingerprint density at radius 2 is 2.35 bits per heavy atom. The molecule has 1 atom stereocenters. The molecular weight excluding hydrogens is 212 g/mol. The van der Waals surface area contributed by atoms with Crippen molar-refractivity contribution in [2.75, 3.05) is 20.2 Å². The quantitative estimate of drug-likeness (QED) is 0.801. The Morgan fingerprint density at radius 3 is 3.00 bits per heavy atom. The summed E-state index contributed by atoms with van der Waals surface area (Å²) >= 11 is 0. The molecule has 3 nitrogen and oxygen atoms in total. The highest BCUT2D eigenvalue weighted by Crippen LogP contribution is 2.33. The smallest absolute Gasteiger partial charge is 0.213 e. The fourth-order valence-corrected chi connectivity index (χ4v) is 2.73. The van der Waals surface area contributed by atoms with E-state index < -0.39 is 0 Å². The van der Waals surface area contributed by atoms with Gasteiger partial charge in [0.15, 0.2) is 0 Å². The number of pyridine rings is 1. The van der Waals surface area contributed by atoms with E-state index in [1.54, 1.807) is 7.11 Å². The molecule has 94 valence electrons. The molecular formula is C14H22N2O. The molecule has 0 saturated carbocycles. The predicted octanol–water partition coefficient (Wildman–Crippen LogP) is 2.95. The number of hydrogen-bond donors (Lipinski definition) is 0. The van der Waals surface area contributed by atoms with Crippen molar-refractivity contribution in [3.05, 3.63) is 23.4 Å². The van der Waals surface area contributed by atoms with E-state index in [0.29, 0.717) is 11.9 Å². The standard InChI is InChI=1S/C14H22N2O/c1-4-7-16-8-5-6-13(16)12-10-15-14(17-3)9-11(12)2/h9-10,13H,4-8H2,1-3H3/t13-/m1/s1. The van der Waals surface area contributed by atoms with E-state index in [9.17, 15) is 0 Å². The topological polar surface area (TPSA) is 25.4 Å². The van der Waals surface area contributed by atoms with Crippen molar-refractivity contribution < 1.29 is 4.74 Å². The molecule has 0 spiro atoms. The van der Waals surface area contributed by atoms with E-state index >= 15 is 0 Å². The summed E-state index contributed by atoms with van der Waals surface area (Å²) in [5.41, 5.74) is 2.67. The highest BCUT2D eigenvalue weighted by molar-refractivity contribution is 5.31. The molecule has 0 radical (unpaired) electrons. The number of aromatic nitrogens is 1. The van der Waals surface area contributed by atoms with Crippen LogP contribution in [0.15, 0.2) is 12.3 Å². The van der Waals surface area contributed by atoms with Crippen molar-refractivity contribution in [2.45, 2.75) is 39.2 Å². The molecule has 0 unspecified atom stereocenters. The molecule has 1 aliphatic rings. The van der Waals surface area contributed by atoms with Gasteiger partial charge in [-0.05, 0) is 50.4 Å². The summed E-state index contributed by atoms with van der Waals surface area (Å²) < 4.78 is 5.16. The van der Waals surface area contributed by atoms with Crippen LogP contribution in [0.1, 0.15) is 43.4 Å². The first-order valence-electron chi connectivity index (χ1n) is 6.50. The Bertz CT molecular complexity index is 378. The van der Waals surface area contributed by atoms with Crippen molar-refractivity contribution in [2.24, 2.45) is 0 Å². The molecule has 1 saturated heterocycles. The number of ether oxygens (including phenoxy) is 1. The normalized spacial score (nSPS) is 20.8. The lowest BCUT2D eigenvalue weighted by Gasteiger charge is -2.25. The summed E-state index contributed by atoms with van der Waals surface area (Å²) in [6.07, 6.45) is 5.77. The number of nitrogens with zero attached hydrogens (tertiary/aromatic N) is 2. The van der Waals surface area contributed by atoms with Crippen LogP contribution in [0.2, 0.25) is 0 Å². The van der Waals surface area contributed by atoms with Gasteiger partial charge in [-0.25, -0.2) is 4.98 Å². The number of likely N-dealkylation sites (tertiary alicyclic amines) is 1. The average molecular weight is 234 g/mol. The molecule has 0 aliphatic carbocycles. The summed E-state index contributed by atoms with van der Waals surface area (Å²) in [7, 11) is 1.67. The molecule has 1 aliphatic heterocycles. The summed E-state index contributed by atoms with van der Waals surface area (Å²) in [6.45, 7) is 6.82. The van der Waals surface area contributed by atoms with Gasteiger partial charge >= 0.3 is 0 Å². The zero-order chi connectivity index (χ0) is 12.3. The Morgan fingerprint density at radius 1 is 1.53 bits per heavy atom. The lowest BCUT2D eigenvalue weighted by Crippen LogP contribution is -2.24. The second-order valence-corrected chi connectivity index (χ2v) is 4.78. The number of hydrogen-bond acceptors (Lipinski definition) is 3. The first kappa shape index (κ1) is 12.4. The van der Waals surface area contributed by atoms with E-state index in [0.717, 1.165) is 0 Å². The minimum atomic E-state index is 0.563. The van der Waals surface area contributed by atoms with Gasteiger partial charge < -0.3 is 4.74 Å². The second kappa shape index (κ2) is 5.50. The lowest BCUT2D eigenvalue weighted by atomic mass is 10.0. The zero-order valence-corrected chi connectivity index (χ0v) is 11.1. The first-order chi connectivity index (χ1) is 8.26. The van der Waals surface area contributed by atoms with Gasteiger partial charge in [0, 0.05) is 18.3 Å². The molecule has 0 N–H and O–H groups in total. The van der Waals surface area contributed by atoms with Gasteiger partial charge in [0.2, 0.25) is 5.88 Å². The molecule has 1 aromatic rings. The van der Waals surface area contributed by atoms with Crippen LogP contribution in [0, 0.1) is 6.92 Å². The Hall–Kier alpha value is -1.09. The molecule has 17 heavy (non-hydrogen) atoms. The van der Waals surface area contributed by atoms with Crippen molar-refractivity contribution in [1.29, 1.82) is 0 Å². The molecule has 0 amide bonds. The minimum absolute atomic E-state index is 0.563. The maximum Gasteiger partial charge on any atom is 0.213 e. The largest absolute Gasteiger partial charge is 0.481 e. The van der Waals surface area contributed by atoms with Crippen LogP contribution < -0.4 is 4.74 Å². The van der Waals surface area contributed by atoms with Crippen LogP contribution in [0.3, 0.4) is 0 Å². The van der Waals surface area contributed by atoms with Gasteiger partial charge in [-0.3, -0.25) is 4.90 Å². The maximum absolute atomic E-state index is 5.16. The zero-order valence-electron chi connectivity index (χ0n) is 11.1. The van der Waals surface area contributed by atoms with Crippen LogP contribution in [0.25, 0.3) is 0 Å². The van der Waals surface area contributed by atoms with Gasteiger partial charge in [0.25, 0.3) is 0 Å². The predicted molar refractivity (Wildman–Crippen MR) is 69.4 cm³/mol. The first-order valence-corrected chi connectivity index (χ1v) is 6.50. The van der Waals surface area contributed by atoms with Gasteiger partial charge in [-0.15, -0.1) is 0 Å². The molecule has 2 heterocycles. The number of methoxy groups -OCH3 is 1. The van der Waals surface area contributed by atoms with Crippen molar-refractivity contribution in [1.82, 2.24) is 9.88 Å². The Kier molecular flexibility index (Phi) is 4.00. The van der Waals surface area contributed by atoms with E-state index in [1.165, 1.54) is 43.5 Å². The van der Waals surface area contributed by atoms with Gasteiger partial charge in [-0.1, -0.05) is 6.92 Å². The lowest BCUT2D eigenvalue weighted by molar-refractivity contribution is 0.256. The number of rotatable bonds is 4. The molecule has 1 aromatic heterocycles. The molecule has 3 heteroatoms. The highest BCUT2D eigenvalue weighted by Gasteiger charge is 2.26. The van der Waals surface area contributed by atoms with E-state index in [2.05, 4.69) is 23.7 Å². The summed E-state index contributed by atoms with van der Waals surface area (Å²) in [4.78, 5) is 6.93. The SMILES string of the molecule is CCCN1CCC[C@@H]1c1cnc(OC)cc1C. The minimum Gasteiger partial charge on any atom is -0.481 e. The highest BCUT2D eigenvalue weighted by atomic mass is 16.5. The third-order valence-corrected chi connectivity index (χ3v) is 3.57. The Labute approximate surface area is 104 Å². The summed E-state index contributed by atoms with van der Waals surface area (Å²) in [5, 5.41) is 0. The van der Waals surface area contributed by atoms with Crippen molar-refractivity contribution in [3.8, 4) is 5.88 Å². The fourth-order valence-electron chi connectivity index (χ4n) is 2.73. The van der Waals surface area contributed by atoms with Crippen LogP contribution >= 0.6 is 0 Å². The van der Waals surface area contributed by atoms with E-state index in [-0.39, 0.29) is 0 Å². The summed E-state index contributed by atoms with van der Waals surface area (Å²) in [5.74, 6) is 0.714.